The summed E-state index contributed by atoms with van der Waals surface area (Å²) >= 11 is 0. The Morgan fingerprint density at radius 1 is 0.903 bits per heavy atom. The number of nitrogens with zero attached hydrogens (tertiary/aromatic N) is 4. The molecule has 31 heavy (non-hydrogen) atoms. The highest BCUT2D eigenvalue weighted by molar-refractivity contribution is 6.20. The maximum atomic E-state index is 13.2. The van der Waals surface area contributed by atoms with Crippen molar-refractivity contribution in [2.45, 2.75) is 6.04 Å². The smallest absolute Gasteiger partial charge is 0.270 e. The van der Waals surface area contributed by atoms with Crippen molar-refractivity contribution in [2.75, 3.05) is 5.01 Å². The number of hydrazine groups is 1. The van der Waals surface area contributed by atoms with E-state index in [4.69, 9.17) is 5.84 Å². The van der Waals surface area contributed by atoms with Gasteiger partial charge in [0, 0.05) is 29.3 Å². The summed E-state index contributed by atoms with van der Waals surface area (Å²) in [5, 5.41) is 23.7. The maximum Gasteiger partial charge on any atom is 0.275 e. The standard InChI is InChI=1S/C21H15N5O5/c22-24-17-11-10-14(25(28)29)12-16(17)19(13-6-2-1-3-7-13)23-20(21(24)27)15-8-4-5-9-18(15)26(30)31/h1-12,20H,22H2. The second-order valence-electron chi connectivity index (χ2n) is 6.73. The fourth-order valence-corrected chi connectivity index (χ4v) is 3.46. The normalized spacial score (nSPS) is 15.6. The number of benzodiazepines with no additional fused rings is 1. The van der Waals surface area contributed by atoms with E-state index in [0.717, 1.165) is 5.01 Å². The number of carbonyl (C=O) groups excluding carboxylic acids is 1. The highest BCUT2D eigenvalue weighted by Gasteiger charge is 2.35. The summed E-state index contributed by atoms with van der Waals surface area (Å²) in [5.74, 6) is 5.38. The van der Waals surface area contributed by atoms with Gasteiger partial charge < -0.3 is 0 Å². The van der Waals surface area contributed by atoms with Crippen molar-refractivity contribution in [1.82, 2.24) is 0 Å². The number of nitro benzene ring substituents is 2. The number of hydrogen-bond donors (Lipinski definition) is 1. The van der Waals surface area contributed by atoms with Gasteiger partial charge in [0.15, 0.2) is 6.04 Å². The van der Waals surface area contributed by atoms with E-state index < -0.39 is 21.8 Å². The van der Waals surface area contributed by atoms with Gasteiger partial charge in [-0.25, -0.2) is 10.9 Å². The summed E-state index contributed by atoms with van der Waals surface area (Å²) in [6.45, 7) is 0. The lowest BCUT2D eigenvalue weighted by Crippen LogP contribution is -2.40. The topological polar surface area (TPSA) is 145 Å². The molecule has 10 heteroatoms. The number of anilines is 1. The minimum absolute atomic E-state index is 0.0729. The third-order valence-corrected chi connectivity index (χ3v) is 4.91. The molecule has 1 heterocycles. The minimum Gasteiger partial charge on any atom is -0.270 e. The first-order valence-electron chi connectivity index (χ1n) is 9.12. The fourth-order valence-electron chi connectivity index (χ4n) is 3.46. The average Bonchev–Trinajstić information content (AvgIpc) is 2.89. The van der Waals surface area contributed by atoms with Crippen LogP contribution >= 0.6 is 0 Å². The van der Waals surface area contributed by atoms with E-state index in [9.17, 15) is 25.0 Å². The first-order valence-corrected chi connectivity index (χ1v) is 9.12. The third kappa shape index (κ3) is 3.51. The van der Waals surface area contributed by atoms with Gasteiger partial charge in [0.1, 0.15) is 0 Å². The number of benzene rings is 3. The Hall–Kier alpha value is -4.44. The number of carbonyl (C=O) groups is 1. The molecule has 0 fully saturated rings. The van der Waals surface area contributed by atoms with Crippen LogP contribution in [0.25, 0.3) is 0 Å². The Morgan fingerprint density at radius 2 is 1.58 bits per heavy atom. The Bertz CT molecular complexity index is 1240. The predicted molar refractivity (Wildman–Crippen MR) is 113 cm³/mol. The van der Waals surface area contributed by atoms with Crippen molar-refractivity contribution in [1.29, 1.82) is 0 Å². The van der Waals surface area contributed by atoms with Gasteiger partial charge in [-0.15, -0.1) is 0 Å². The van der Waals surface area contributed by atoms with Crippen molar-refractivity contribution in [3.63, 3.8) is 0 Å². The van der Waals surface area contributed by atoms with Crippen molar-refractivity contribution < 1.29 is 14.6 Å². The largest absolute Gasteiger partial charge is 0.275 e. The SMILES string of the molecule is NN1C(=O)C(c2ccccc2[N+](=O)[O-])N=C(c2ccccc2)c2cc([N+](=O)[O-])ccc21. The van der Waals surface area contributed by atoms with Gasteiger partial charge in [0.25, 0.3) is 17.3 Å². The van der Waals surface area contributed by atoms with E-state index in [1.165, 1.54) is 36.4 Å². The summed E-state index contributed by atoms with van der Waals surface area (Å²) in [7, 11) is 0. The second-order valence-corrected chi connectivity index (χ2v) is 6.73. The van der Waals surface area contributed by atoms with Crippen molar-refractivity contribution >= 4 is 28.7 Å². The van der Waals surface area contributed by atoms with E-state index in [0.29, 0.717) is 5.56 Å². The number of fused-ring (bicyclic) bond motifs is 1. The molecule has 1 amide bonds. The Labute approximate surface area is 175 Å². The Balaban J connectivity index is 2.02. The molecular weight excluding hydrogens is 402 g/mol. The fraction of sp³-hybridized carbons (Fsp3) is 0.0476. The number of amides is 1. The van der Waals surface area contributed by atoms with Gasteiger partial charge >= 0.3 is 0 Å². The Morgan fingerprint density at radius 3 is 2.26 bits per heavy atom. The van der Waals surface area contributed by atoms with Gasteiger partial charge in [-0.2, -0.15) is 0 Å². The second kappa shape index (κ2) is 7.76. The summed E-state index contributed by atoms with van der Waals surface area (Å²) < 4.78 is 0. The minimum atomic E-state index is -1.31. The molecule has 0 bridgehead atoms. The number of non-ortho nitro benzene ring substituents is 1. The molecule has 0 aromatic heterocycles. The van der Waals surface area contributed by atoms with Crippen LogP contribution in [-0.2, 0) is 4.79 Å². The summed E-state index contributed by atoms with van der Waals surface area (Å²) in [6.07, 6.45) is 0. The molecular formula is C21H15N5O5. The predicted octanol–water partition coefficient (Wildman–Crippen LogP) is 3.30. The Kier molecular flexibility index (Phi) is 4.97. The highest BCUT2D eigenvalue weighted by Crippen LogP contribution is 2.36. The van der Waals surface area contributed by atoms with Crippen LogP contribution in [0.1, 0.15) is 22.7 Å². The van der Waals surface area contributed by atoms with Crippen LogP contribution in [0.2, 0.25) is 0 Å². The van der Waals surface area contributed by atoms with Gasteiger partial charge in [0.2, 0.25) is 0 Å². The molecule has 154 valence electrons. The lowest BCUT2D eigenvalue weighted by atomic mass is 9.99. The molecule has 1 unspecified atom stereocenters. The van der Waals surface area contributed by atoms with Crippen LogP contribution in [0, 0.1) is 20.2 Å². The number of nitro groups is 2. The third-order valence-electron chi connectivity index (χ3n) is 4.91. The quantitative estimate of drug-likeness (QED) is 0.298. The molecule has 1 aliphatic rings. The monoisotopic (exact) mass is 417 g/mol. The first-order chi connectivity index (χ1) is 14.9. The molecule has 1 aliphatic heterocycles. The molecule has 4 rings (SSSR count). The van der Waals surface area contributed by atoms with Gasteiger partial charge in [-0.1, -0.05) is 42.5 Å². The van der Waals surface area contributed by atoms with Gasteiger partial charge in [-0.05, 0) is 12.1 Å². The van der Waals surface area contributed by atoms with E-state index in [1.54, 1.807) is 36.4 Å². The molecule has 0 saturated heterocycles. The summed E-state index contributed by atoms with van der Waals surface area (Å²) in [6, 6.07) is 17.1. The average molecular weight is 417 g/mol. The lowest BCUT2D eigenvalue weighted by molar-refractivity contribution is -0.385. The molecule has 0 spiro atoms. The van der Waals surface area contributed by atoms with Crippen molar-refractivity contribution in [2.24, 2.45) is 10.8 Å². The van der Waals surface area contributed by atoms with Crippen molar-refractivity contribution in [3.8, 4) is 0 Å². The molecule has 1 atom stereocenters. The zero-order valence-electron chi connectivity index (χ0n) is 15.9. The van der Waals surface area contributed by atoms with E-state index in [2.05, 4.69) is 4.99 Å². The van der Waals surface area contributed by atoms with Crippen LogP contribution in [-0.4, -0.2) is 21.5 Å². The maximum absolute atomic E-state index is 13.2. The number of nitrogens with two attached hydrogens (primary N) is 1. The lowest BCUT2D eigenvalue weighted by Gasteiger charge is -2.19. The first kappa shape index (κ1) is 19.9. The van der Waals surface area contributed by atoms with Crippen LogP contribution in [0.15, 0.2) is 77.8 Å². The number of aliphatic imine (C=N–C) groups is 1. The molecule has 0 radical (unpaired) electrons. The molecule has 10 nitrogen and oxygen atoms in total. The summed E-state index contributed by atoms with van der Waals surface area (Å²) in [5.41, 5.74) is 0.926. The zero-order valence-corrected chi connectivity index (χ0v) is 15.9. The van der Waals surface area contributed by atoms with Crippen LogP contribution in [0.4, 0.5) is 17.1 Å². The molecule has 0 saturated carbocycles. The van der Waals surface area contributed by atoms with Crippen LogP contribution < -0.4 is 10.9 Å². The number of hydrogen-bond acceptors (Lipinski definition) is 7. The zero-order chi connectivity index (χ0) is 22.1. The van der Waals surface area contributed by atoms with Crippen LogP contribution in [0.3, 0.4) is 0 Å². The number of para-hydroxylation sites is 1. The van der Waals surface area contributed by atoms with E-state index >= 15 is 0 Å². The molecule has 0 aliphatic carbocycles. The summed E-state index contributed by atoms with van der Waals surface area (Å²) in [4.78, 5) is 39.5. The van der Waals surface area contributed by atoms with E-state index in [1.807, 2.05) is 0 Å². The number of rotatable bonds is 4. The van der Waals surface area contributed by atoms with Crippen molar-refractivity contribution in [3.05, 3.63) is 110 Å². The highest BCUT2D eigenvalue weighted by atomic mass is 16.6. The van der Waals surface area contributed by atoms with E-state index in [-0.39, 0.29) is 33.9 Å². The molecule has 3 aromatic carbocycles. The van der Waals surface area contributed by atoms with Gasteiger partial charge in [-0.3, -0.25) is 30.0 Å². The van der Waals surface area contributed by atoms with Crippen LogP contribution in [0.5, 0.6) is 0 Å². The van der Waals surface area contributed by atoms with Gasteiger partial charge in [0.05, 0.1) is 26.8 Å². The molecule has 2 N–H and O–H groups in total. The molecule has 3 aromatic rings.